The van der Waals surface area contributed by atoms with Crippen molar-refractivity contribution in [1.29, 1.82) is 0 Å². The molecule has 1 saturated heterocycles. The first-order valence-corrected chi connectivity index (χ1v) is 10.9. The second-order valence-electron chi connectivity index (χ2n) is 7.11. The van der Waals surface area contributed by atoms with Crippen LogP contribution in [-0.4, -0.2) is 43.3 Å². The van der Waals surface area contributed by atoms with Gasteiger partial charge in [0, 0.05) is 44.3 Å². The van der Waals surface area contributed by atoms with Crippen LogP contribution in [0.3, 0.4) is 0 Å². The van der Waals surface area contributed by atoms with E-state index in [1.54, 1.807) is 31.3 Å². The number of hydrogen-bond acceptors (Lipinski definition) is 6. The van der Waals surface area contributed by atoms with Gasteiger partial charge in [0.05, 0.1) is 12.8 Å². The molecule has 0 N–H and O–H groups in total. The summed E-state index contributed by atoms with van der Waals surface area (Å²) in [6.07, 6.45) is 3.58. The Labute approximate surface area is 176 Å². The predicted molar refractivity (Wildman–Crippen MR) is 120 cm³/mol. The van der Waals surface area contributed by atoms with E-state index in [2.05, 4.69) is 63.1 Å². The molecule has 5 nitrogen and oxygen atoms in total. The third-order valence-electron chi connectivity index (χ3n) is 5.11. The van der Waals surface area contributed by atoms with Gasteiger partial charge in [0.25, 0.3) is 0 Å². The average Bonchev–Trinajstić information content (AvgIpc) is 2.78. The number of hydrogen-bond donors (Lipinski definition) is 0. The number of para-hydroxylation sites is 2. The zero-order valence-corrected chi connectivity index (χ0v) is 17.7. The number of thioether (sulfide) groups is 1. The quantitative estimate of drug-likeness (QED) is 0.565. The predicted octanol–water partition coefficient (Wildman–Crippen LogP) is 4.41. The molecule has 0 unspecified atom stereocenters. The molecule has 0 aliphatic carbocycles. The highest BCUT2D eigenvalue weighted by molar-refractivity contribution is 7.98. The van der Waals surface area contributed by atoms with Crippen LogP contribution in [0.1, 0.15) is 11.1 Å². The van der Waals surface area contributed by atoms with Crippen molar-refractivity contribution in [3.05, 3.63) is 72.1 Å². The van der Waals surface area contributed by atoms with E-state index in [9.17, 15) is 0 Å². The van der Waals surface area contributed by atoms with Crippen LogP contribution in [0.15, 0.2) is 66.0 Å². The van der Waals surface area contributed by atoms with E-state index in [0.29, 0.717) is 0 Å². The van der Waals surface area contributed by atoms with Crippen molar-refractivity contribution in [3.8, 4) is 5.75 Å². The molecular weight excluding hydrogens is 380 g/mol. The average molecular weight is 407 g/mol. The van der Waals surface area contributed by atoms with Crippen LogP contribution in [0.5, 0.6) is 5.75 Å². The lowest BCUT2D eigenvalue weighted by Crippen LogP contribution is -2.47. The molecule has 2 heterocycles. The van der Waals surface area contributed by atoms with Gasteiger partial charge in [-0.3, -0.25) is 0 Å². The van der Waals surface area contributed by atoms with Crippen LogP contribution < -0.4 is 14.5 Å². The molecule has 1 aliphatic heterocycles. The maximum Gasteiger partial charge on any atom is 0.161 e. The van der Waals surface area contributed by atoms with Gasteiger partial charge in [-0.05, 0) is 24.6 Å². The number of benzene rings is 2. The Morgan fingerprint density at radius 3 is 2.48 bits per heavy atom. The van der Waals surface area contributed by atoms with Crippen LogP contribution >= 0.6 is 11.8 Å². The summed E-state index contributed by atoms with van der Waals surface area (Å²) in [7, 11) is 1.73. The lowest BCUT2D eigenvalue weighted by molar-refractivity contribution is 0.413. The molecule has 0 atom stereocenters. The fourth-order valence-corrected chi connectivity index (χ4v) is 4.57. The van der Waals surface area contributed by atoms with E-state index < -0.39 is 0 Å². The molecule has 1 aromatic heterocycles. The Balaban J connectivity index is 1.43. The lowest BCUT2D eigenvalue weighted by Gasteiger charge is -2.37. The van der Waals surface area contributed by atoms with Crippen LogP contribution in [0.4, 0.5) is 11.5 Å². The molecule has 29 heavy (non-hydrogen) atoms. The molecule has 150 valence electrons. The van der Waals surface area contributed by atoms with Gasteiger partial charge in [-0.1, -0.05) is 53.7 Å². The molecule has 0 amide bonds. The minimum Gasteiger partial charge on any atom is -0.495 e. The molecule has 3 aromatic rings. The van der Waals surface area contributed by atoms with Gasteiger partial charge in [-0.2, -0.15) is 0 Å². The number of nitrogens with zero attached hydrogens (tertiary/aromatic N) is 4. The van der Waals surface area contributed by atoms with E-state index >= 15 is 0 Å². The van der Waals surface area contributed by atoms with Gasteiger partial charge >= 0.3 is 0 Å². The molecule has 2 aromatic carbocycles. The van der Waals surface area contributed by atoms with Gasteiger partial charge in [0.2, 0.25) is 0 Å². The first kappa shape index (κ1) is 19.6. The van der Waals surface area contributed by atoms with Crippen LogP contribution in [0.25, 0.3) is 0 Å². The number of methoxy groups -OCH3 is 1. The summed E-state index contributed by atoms with van der Waals surface area (Å²) in [6.45, 7) is 5.81. The highest BCUT2D eigenvalue weighted by atomic mass is 32.2. The van der Waals surface area contributed by atoms with Crippen molar-refractivity contribution in [2.45, 2.75) is 17.7 Å². The number of piperazine rings is 1. The van der Waals surface area contributed by atoms with Crippen molar-refractivity contribution in [1.82, 2.24) is 9.97 Å². The summed E-state index contributed by atoms with van der Waals surface area (Å²) in [4.78, 5) is 14.0. The normalized spacial score (nSPS) is 14.1. The highest BCUT2D eigenvalue weighted by Gasteiger charge is 2.22. The fraction of sp³-hybridized carbons (Fsp3) is 0.304. The number of rotatable bonds is 6. The second kappa shape index (κ2) is 9.18. The SMILES string of the molecule is COc1ccccc1N1CCN(c2nccnc2SCc2cccc(C)c2)CC1. The monoisotopic (exact) mass is 406 g/mol. The third-order valence-corrected chi connectivity index (χ3v) is 6.15. The van der Waals surface area contributed by atoms with Gasteiger partial charge in [-0.25, -0.2) is 9.97 Å². The van der Waals surface area contributed by atoms with E-state index in [1.165, 1.54) is 11.1 Å². The van der Waals surface area contributed by atoms with E-state index in [1.807, 2.05) is 12.1 Å². The third kappa shape index (κ3) is 4.65. The maximum atomic E-state index is 5.53. The molecule has 0 saturated carbocycles. The maximum absolute atomic E-state index is 5.53. The van der Waals surface area contributed by atoms with Crippen molar-refractivity contribution < 1.29 is 4.74 Å². The summed E-state index contributed by atoms with van der Waals surface area (Å²) in [6, 6.07) is 16.9. The minimum atomic E-state index is 0.897. The van der Waals surface area contributed by atoms with Crippen LogP contribution in [-0.2, 0) is 5.75 Å². The van der Waals surface area contributed by atoms with Gasteiger partial charge < -0.3 is 14.5 Å². The standard InChI is InChI=1S/C23H26N4OS/c1-18-6-5-7-19(16-18)17-29-23-22(24-10-11-25-23)27-14-12-26(13-15-27)20-8-3-4-9-21(20)28-2/h3-11,16H,12-15,17H2,1-2H3. The first-order chi connectivity index (χ1) is 14.2. The Kier molecular flexibility index (Phi) is 6.20. The Bertz CT molecular complexity index is 957. The highest BCUT2D eigenvalue weighted by Crippen LogP contribution is 2.32. The Morgan fingerprint density at radius 2 is 1.69 bits per heavy atom. The zero-order chi connectivity index (χ0) is 20.1. The van der Waals surface area contributed by atoms with Gasteiger partial charge in [0.1, 0.15) is 10.8 Å². The number of ether oxygens (including phenoxy) is 1. The summed E-state index contributed by atoms with van der Waals surface area (Å²) in [5, 5.41) is 1.000. The molecule has 4 rings (SSSR count). The molecular formula is C23H26N4OS. The largest absolute Gasteiger partial charge is 0.495 e. The minimum absolute atomic E-state index is 0.897. The first-order valence-electron chi connectivity index (χ1n) is 9.87. The van der Waals surface area contributed by atoms with E-state index in [0.717, 1.165) is 54.2 Å². The number of aryl methyl sites for hydroxylation is 1. The van der Waals surface area contributed by atoms with Crippen molar-refractivity contribution >= 4 is 23.3 Å². The summed E-state index contributed by atoms with van der Waals surface area (Å²) in [5.74, 6) is 2.81. The van der Waals surface area contributed by atoms with Crippen molar-refractivity contribution in [3.63, 3.8) is 0 Å². The van der Waals surface area contributed by atoms with E-state index in [-0.39, 0.29) is 0 Å². The summed E-state index contributed by atoms with van der Waals surface area (Å²) >= 11 is 1.76. The zero-order valence-electron chi connectivity index (χ0n) is 16.9. The van der Waals surface area contributed by atoms with E-state index in [4.69, 9.17) is 4.74 Å². The Hall–Kier alpha value is -2.73. The molecule has 0 spiro atoms. The van der Waals surface area contributed by atoms with Crippen LogP contribution in [0.2, 0.25) is 0 Å². The van der Waals surface area contributed by atoms with Crippen molar-refractivity contribution in [2.75, 3.05) is 43.1 Å². The van der Waals surface area contributed by atoms with Gasteiger partial charge in [0.15, 0.2) is 5.82 Å². The summed E-state index contributed by atoms with van der Waals surface area (Å²) in [5.41, 5.74) is 3.75. The molecule has 0 bridgehead atoms. The molecule has 1 fully saturated rings. The number of aromatic nitrogens is 2. The Morgan fingerprint density at radius 1 is 0.931 bits per heavy atom. The van der Waals surface area contributed by atoms with Crippen molar-refractivity contribution in [2.24, 2.45) is 0 Å². The topological polar surface area (TPSA) is 41.5 Å². The lowest BCUT2D eigenvalue weighted by atomic mass is 10.2. The fourth-order valence-electron chi connectivity index (χ4n) is 3.64. The van der Waals surface area contributed by atoms with Crippen LogP contribution in [0, 0.1) is 6.92 Å². The molecule has 6 heteroatoms. The molecule has 1 aliphatic rings. The molecule has 0 radical (unpaired) electrons. The smallest absolute Gasteiger partial charge is 0.161 e. The second-order valence-corrected chi connectivity index (χ2v) is 8.07. The summed E-state index contributed by atoms with van der Waals surface area (Å²) < 4.78 is 5.53. The number of anilines is 2. The van der Waals surface area contributed by atoms with Gasteiger partial charge in [-0.15, -0.1) is 0 Å².